The molecule has 7 heteroatoms. The predicted molar refractivity (Wildman–Crippen MR) is 126 cm³/mol. The summed E-state index contributed by atoms with van der Waals surface area (Å²) in [6.07, 6.45) is 3.19. The van der Waals surface area contributed by atoms with Crippen molar-refractivity contribution in [3.05, 3.63) is 59.7 Å². The molecule has 7 nitrogen and oxygen atoms in total. The molecule has 1 aliphatic rings. The molecule has 0 spiro atoms. The average Bonchev–Trinajstić information content (AvgIpc) is 3.10. The number of rotatable bonds is 12. The molecule has 0 aromatic heterocycles. The Morgan fingerprint density at radius 3 is 2.18 bits per heavy atom. The van der Waals surface area contributed by atoms with Crippen molar-refractivity contribution in [2.45, 2.75) is 57.4 Å². The molecule has 33 heavy (non-hydrogen) atoms. The minimum absolute atomic E-state index is 0.0486. The number of carboxylic acid groups (broad SMARTS) is 1. The van der Waals surface area contributed by atoms with Crippen LogP contribution in [-0.2, 0) is 14.3 Å². The van der Waals surface area contributed by atoms with Crippen molar-refractivity contribution in [3.63, 3.8) is 0 Å². The number of amides is 2. The second-order valence-electron chi connectivity index (χ2n) is 8.48. The minimum atomic E-state index is -0.924. The zero-order valence-electron chi connectivity index (χ0n) is 19.0. The van der Waals surface area contributed by atoms with E-state index in [0.717, 1.165) is 25.7 Å². The summed E-state index contributed by atoms with van der Waals surface area (Å²) < 4.78 is 5.52. The molecule has 0 aliphatic heterocycles. The van der Waals surface area contributed by atoms with Crippen molar-refractivity contribution in [3.8, 4) is 11.1 Å². The first-order valence-corrected chi connectivity index (χ1v) is 11.6. The number of benzene rings is 2. The SMILES string of the molecule is CC(CC(=O)O)NC(=O)CCCCCCNC(=O)OCC1c2ccccc2-c2ccccc21. The Hall–Kier alpha value is -3.35. The van der Waals surface area contributed by atoms with Crippen LogP contribution < -0.4 is 10.6 Å². The highest BCUT2D eigenvalue weighted by atomic mass is 16.5. The van der Waals surface area contributed by atoms with Gasteiger partial charge in [0.05, 0.1) is 6.42 Å². The number of fused-ring (bicyclic) bond motifs is 3. The van der Waals surface area contributed by atoms with Crippen molar-refractivity contribution in [2.75, 3.05) is 13.2 Å². The number of carboxylic acids is 1. The molecule has 0 radical (unpaired) electrons. The Labute approximate surface area is 194 Å². The Bertz CT molecular complexity index is 929. The fourth-order valence-corrected chi connectivity index (χ4v) is 4.26. The van der Waals surface area contributed by atoms with Gasteiger partial charge in [-0.1, -0.05) is 61.4 Å². The molecule has 1 aliphatic carbocycles. The number of alkyl carbamates (subject to hydrolysis) is 1. The highest BCUT2D eigenvalue weighted by molar-refractivity contribution is 5.79. The summed E-state index contributed by atoms with van der Waals surface area (Å²) in [6.45, 7) is 2.51. The van der Waals surface area contributed by atoms with Crippen molar-refractivity contribution in [2.24, 2.45) is 0 Å². The van der Waals surface area contributed by atoms with E-state index in [1.165, 1.54) is 22.3 Å². The lowest BCUT2D eigenvalue weighted by Crippen LogP contribution is -2.33. The summed E-state index contributed by atoms with van der Waals surface area (Å²) in [6, 6.07) is 16.1. The molecule has 2 aromatic rings. The van der Waals surface area contributed by atoms with Crippen LogP contribution in [0.5, 0.6) is 0 Å². The molecular weight excluding hydrogens is 420 g/mol. The van der Waals surface area contributed by atoms with Crippen molar-refractivity contribution in [1.82, 2.24) is 10.6 Å². The second kappa shape index (κ2) is 12.0. The lowest BCUT2D eigenvalue weighted by Gasteiger charge is -2.14. The van der Waals surface area contributed by atoms with Crippen LogP contribution in [0.15, 0.2) is 48.5 Å². The molecule has 3 rings (SSSR count). The maximum atomic E-state index is 12.2. The summed E-state index contributed by atoms with van der Waals surface area (Å²) in [5, 5.41) is 14.2. The van der Waals surface area contributed by atoms with Crippen LogP contribution in [0.25, 0.3) is 11.1 Å². The third kappa shape index (κ3) is 7.07. The van der Waals surface area contributed by atoms with Gasteiger partial charge in [0.25, 0.3) is 0 Å². The maximum Gasteiger partial charge on any atom is 0.407 e. The quantitative estimate of drug-likeness (QED) is 0.413. The molecule has 176 valence electrons. The smallest absolute Gasteiger partial charge is 0.407 e. The zero-order valence-corrected chi connectivity index (χ0v) is 19.0. The topological polar surface area (TPSA) is 105 Å². The normalized spacial score (nSPS) is 13.0. The van der Waals surface area contributed by atoms with Gasteiger partial charge in [-0.15, -0.1) is 0 Å². The lowest BCUT2D eigenvalue weighted by atomic mass is 9.98. The van der Waals surface area contributed by atoms with E-state index in [2.05, 4.69) is 34.9 Å². The van der Waals surface area contributed by atoms with E-state index >= 15 is 0 Å². The summed E-state index contributed by atoms with van der Waals surface area (Å²) in [4.78, 5) is 34.5. The zero-order chi connectivity index (χ0) is 23.6. The number of hydrogen-bond donors (Lipinski definition) is 3. The number of carbonyl (C=O) groups excluding carboxylic acids is 2. The molecule has 3 N–H and O–H groups in total. The molecular formula is C26H32N2O5. The van der Waals surface area contributed by atoms with Crippen LogP contribution in [-0.4, -0.2) is 42.3 Å². The molecule has 0 heterocycles. The van der Waals surface area contributed by atoms with Gasteiger partial charge in [0, 0.05) is 24.9 Å². The Morgan fingerprint density at radius 1 is 0.939 bits per heavy atom. The van der Waals surface area contributed by atoms with E-state index in [4.69, 9.17) is 9.84 Å². The third-order valence-electron chi connectivity index (χ3n) is 5.83. The van der Waals surface area contributed by atoms with Gasteiger partial charge in [0.15, 0.2) is 0 Å². The number of unbranched alkanes of at least 4 members (excludes halogenated alkanes) is 3. The van der Waals surface area contributed by atoms with Crippen molar-refractivity contribution in [1.29, 1.82) is 0 Å². The molecule has 2 amide bonds. The molecule has 1 atom stereocenters. The van der Waals surface area contributed by atoms with Gasteiger partial charge >= 0.3 is 12.1 Å². The fraction of sp³-hybridized carbons (Fsp3) is 0.423. The molecule has 0 fully saturated rings. The summed E-state index contributed by atoms with van der Waals surface area (Å²) in [7, 11) is 0. The Morgan fingerprint density at radius 2 is 1.55 bits per heavy atom. The highest BCUT2D eigenvalue weighted by Crippen LogP contribution is 2.44. The van der Waals surface area contributed by atoms with Gasteiger partial charge < -0.3 is 20.5 Å². The van der Waals surface area contributed by atoms with Crippen LogP contribution in [0.4, 0.5) is 4.79 Å². The first kappa shape index (κ1) is 24.3. The summed E-state index contributed by atoms with van der Waals surface area (Å²) in [5.41, 5.74) is 4.78. The van der Waals surface area contributed by atoms with Gasteiger partial charge in [-0.2, -0.15) is 0 Å². The van der Waals surface area contributed by atoms with Gasteiger partial charge in [0.2, 0.25) is 5.91 Å². The first-order valence-electron chi connectivity index (χ1n) is 11.6. The van der Waals surface area contributed by atoms with Crippen LogP contribution in [0.1, 0.15) is 62.5 Å². The van der Waals surface area contributed by atoms with E-state index < -0.39 is 12.1 Å². The number of nitrogens with one attached hydrogen (secondary N) is 2. The van der Waals surface area contributed by atoms with E-state index in [1.807, 2.05) is 24.3 Å². The highest BCUT2D eigenvalue weighted by Gasteiger charge is 2.28. The Kier molecular flexibility index (Phi) is 8.87. The summed E-state index contributed by atoms with van der Waals surface area (Å²) >= 11 is 0. The fourth-order valence-electron chi connectivity index (χ4n) is 4.26. The van der Waals surface area contributed by atoms with Crippen LogP contribution in [0.3, 0.4) is 0 Å². The number of carbonyl (C=O) groups is 3. The van der Waals surface area contributed by atoms with E-state index in [1.54, 1.807) is 6.92 Å². The average molecular weight is 453 g/mol. The van der Waals surface area contributed by atoms with E-state index in [0.29, 0.717) is 19.6 Å². The molecule has 1 unspecified atom stereocenters. The van der Waals surface area contributed by atoms with E-state index in [9.17, 15) is 14.4 Å². The van der Waals surface area contributed by atoms with Crippen LogP contribution in [0, 0.1) is 0 Å². The van der Waals surface area contributed by atoms with Gasteiger partial charge in [-0.05, 0) is 42.0 Å². The van der Waals surface area contributed by atoms with Gasteiger partial charge in [-0.3, -0.25) is 9.59 Å². The standard InChI is InChI=1S/C26H32N2O5/c1-18(16-25(30)31)28-24(29)14-4-2-3-9-15-27-26(32)33-17-23-21-12-7-5-10-19(21)20-11-6-8-13-22(20)23/h5-8,10-13,18,23H,2-4,9,14-17H2,1H3,(H,27,32)(H,28,29)(H,30,31). The molecule has 0 bridgehead atoms. The van der Waals surface area contributed by atoms with Crippen molar-refractivity contribution >= 4 is 18.0 Å². The van der Waals surface area contributed by atoms with Crippen LogP contribution >= 0.6 is 0 Å². The van der Waals surface area contributed by atoms with Crippen LogP contribution in [0.2, 0.25) is 0 Å². The Balaban J connectivity index is 1.29. The summed E-state index contributed by atoms with van der Waals surface area (Å²) in [5.74, 6) is -1.00. The third-order valence-corrected chi connectivity index (χ3v) is 5.83. The number of aliphatic carboxylic acids is 1. The van der Waals surface area contributed by atoms with E-state index in [-0.39, 0.29) is 24.3 Å². The van der Waals surface area contributed by atoms with Gasteiger partial charge in [0.1, 0.15) is 6.61 Å². The predicted octanol–water partition coefficient (Wildman–Crippen LogP) is 4.46. The second-order valence-corrected chi connectivity index (χ2v) is 8.48. The molecule has 0 saturated carbocycles. The monoisotopic (exact) mass is 452 g/mol. The minimum Gasteiger partial charge on any atom is -0.481 e. The molecule has 2 aromatic carbocycles. The largest absolute Gasteiger partial charge is 0.481 e. The van der Waals surface area contributed by atoms with Crippen molar-refractivity contribution < 1.29 is 24.2 Å². The number of hydrogen-bond acceptors (Lipinski definition) is 4. The first-order chi connectivity index (χ1) is 16.0. The lowest BCUT2D eigenvalue weighted by molar-refractivity contribution is -0.137. The van der Waals surface area contributed by atoms with Gasteiger partial charge in [-0.25, -0.2) is 4.79 Å². The molecule has 0 saturated heterocycles. The maximum absolute atomic E-state index is 12.2. The number of ether oxygens (including phenoxy) is 1.